The van der Waals surface area contributed by atoms with E-state index in [9.17, 15) is 4.79 Å². The van der Waals surface area contributed by atoms with Gasteiger partial charge in [-0.3, -0.25) is 9.48 Å². The molecule has 0 spiro atoms. The van der Waals surface area contributed by atoms with Crippen molar-refractivity contribution in [3.8, 4) is 0 Å². The van der Waals surface area contributed by atoms with Crippen molar-refractivity contribution < 1.29 is 4.79 Å². The predicted molar refractivity (Wildman–Crippen MR) is 82.1 cm³/mol. The van der Waals surface area contributed by atoms with E-state index in [1.165, 1.54) is 12.8 Å². The van der Waals surface area contributed by atoms with Crippen molar-refractivity contribution in [2.75, 3.05) is 0 Å². The molecule has 0 bridgehead atoms. The summed E-state index contributed by atoms with van der Waals surface area (Å²) in [5.74, 6) is 1.24. The number of carbonyl (C=O) groups excluding carboxylic acids is 1. The molecule has 1 fully saturated rings. The summed E-state index contributed by atoms with van der Waals surface area (Å²) in [6, 6.07) is 0. The zero-order valence-electron chi connectivity index (χ0n) is 12.8. The Morgan fingerprint density at radius 3 is 2.75 bits per heavy atom. The maximum atomic E-state index is 12.5. The number of ketones is 1. The van der Waals surface area contributed by atoms with Gasteiger partial charge >= 0.3 is 0 Å². The van der Waals surface area contributed by atoms with Crippen LogP contribution in [0.1, 0.15) is 57.8 Å². The average molecular weight is 297 g/mol. The van der Waals surface area contributed by atoms with E-state index >= 15 is 0 Å². The topological polar surface area (TPSA) is 34.9 Å². The van der Waals surface area contributed by atoms with Crippen molar-refractivity contribution in [2.45, 2.75) is 65.8 Å². The van der Waals surface area contributed by atoms with E-state index in [1.807, 2.05) is 18.5 Å². The zero-order valence-corrected chi connectivity index (χ0v) is 13.5. The summed E-state index contributed by atoms with van der Waals surface area (Å²) in [5.41, 5.74) is 1.82. The van der Waals surface area contributed by atoms with E-state index in [0.29, 0.717) is 23.1 Å². The smallest absolute Gasteiger partial charge is 0.141 e. The fourth-order valence-electron chi connectivity index (χ4n) is 3.22. The Morgan fingerprint density at radius 2 is 2.15 bits per heavy atom. The number of halogens is 1. The highest BCUT2D eigenvalue weighted by atomic mass is 35.5. The van der Waals surface area contributed by atoms with Crippen LogP contribution in [-0.4, -0.2) is 15.6 Å². The Hall–Kier alpha value is -0.830. The molecule has 1 aromatic heterocycles. The van der Waals surface area contributed by atoms with Crippen molar-refractivity contribution in [3.05, 3.63) is 16.4 Å². The Bertz CT molecular complexity index is 481. The molecular formula is C16H25ClN2O. The first-order valence-electron chi connectivity index (χ1n) is 7.83. The Labute approximate surface area is 126 Å². The van der Waals surface area contributed by atoms with Crippen LogP contribution in [0.25, 0.3) is 0 Å². The molecular weight excluding hydrogens is 272 g/mol. The lowest BCUT2D eigenvalue weighted by atomic mass is 9.79. The molecule has 1 heterocycles. The summed E-state index contributed by atoms with van der Waals surface area (Å²) < 4.78 is 1.89. The fourth-order valence-corrected chi connectivity index (χ4v) is 3.56. The molecule has 0 aromatic carbocycles. The zero-order chi connectivity index (χ0) is 14.7. The minimum Gasteiger partial charge on any atom is -0.299 e. The molecule has 20 heavy (non-hydrogen) atoms. The van der Waals surface area contributed by atoms with Gasteiger partial charge in [-0.1, -0.05) is 38.3 Å². The van der Waals surface area contributed by atoms with Gasteiger partial charge in [-0.25, -0.2) is 0 Å². The van der Waals surface area contributed by atoms with E-state index < -0.39 is 0 Å². The lowest BCUT2D eigenvalue weighted by molar-refractivity contribution is -0.123. The maximum Gasteiger partial charge on any atom is 0.141 e. The second kappa shape index (κ2) is 6.75. The summed E-state index contributed by atoms with van der Waals surface area (Å²) in [5, 5.41) is 5.19. The Morgan fingerprint density at radius 1 is 1.40 bits per heavy atom. The molecule has 0 amide bonds. The lowest BCUT2D eigenvalue weighted by Gasteiger charge is -2.25. The number of rotatable bonds is 5. The molecule has 0 aliphatic heterocycles. The predicted octanol–water partition coefficient (Wildman–Crippen LogP) is 4.06. The first-order chi connectivity index (χ1) is 9.56. The summed E-state index contributed by atoms with van der Waals surface area (Å²) in [7, 11) is 0. The van der Waals surface area contributed by atoms with E-state index in [-0.39, 0.29) is 5.92 Å². The minimum absolute atomic E-state index is 0.222. The molecule has 2 unspecified atom stereocenters. The van der Waals surface area contributed by atoms with Crippen molar-refractivity contribution in [3.63, 3.8) is 0 Å². The van der Waals surface area contributed by atoms with Crippen LogP contribution in [0.5, 0.6) is 0 Å². The lowest BCUT2D eigenvalue weighted by Crippen LogP contribution is -2.24. The number of hydrogen-bond acceptors (Lipinski definition) is 2. The molecule has 0 radical (unpaired) electrons. The van der Waals surface area contributed by atoms with Gasteiger partial charge in [0.15, 0.2) is 0 Å². The number of aromatic nitrogens is 2. The first kappa shape index (κ1) is 15.6. The molecule has 0 saturated heterocycles. The molecule has 0 N–H and O–H groups in total. The second-order valence-corrected chi connectivity index (χ2v) is 6.37. The molecule has 2 rings (SSSR count). The minimum atomic E-state index is 0.222. The molecule has 112 valence electrons. The van der Waals surface area contributed by atoms with Gasteiger partial charge in [-0.15, -0.1) is 0 Å². The fraction of sp³-hybridized carbons (Fsp3) is 0.750. The van der Waals surface area contributed by atoms with E-state index in [0.717, 1.165) is 37.2 Å². The summed E-state index contributed by atoms with van der Waals surface area (Å²) >= 11 is 6.38. The molecule has 1 saturated carbocycles. The summed E-state index contributed by atoms with van der Waals surface area (Å²) in [6.45, 7) is 7.10. The van der Waals surface area contributed by atoms with Gasteiger partial charge < -0.3 is 0 Å². The standard InChI is InChI=1S/C16H25ClN2O/c1-4-13-16(17)14(19(5-2)18-13)10-15(20)12-8-6-7-11(3)9-12/h11-12H,4-10H2,1-3H3. The van der Waals surface area contributed by atoms with E-state index in [2.05, 4.69) is 12.0 Å². The van der Waals surface area contributed by atoms with Crippen LogP contribution in [0.4, 0.5) is 0 Å². The quantitative estimate of drug-likeness (QED) is 0.821. The van der Waals surface area contributed by atoms with Gasteiger partial charge in [0.25, 0.3) is 0 Å². The molecule has 1 aromatic rings. The van der Waals surface area contributed by atoms with Crippen LogP contribution in [0, 0.1) is 11.8 Å². The van der Waals surface area contributed by atoms with Gasteiger partial charge in [0.05, 0.1) is 22.8 Å². The molecule has 3 nitrogen and oxygen atoms in total. The third kappa shape index (κ3) is 3.25. The van der Waals surface area contributed by atoms with Crippen molar-refractivity contribution in [1.82, 2.24) is 9.78 Å². The van der Waals surface area contributed by atoms with Gasteiger partial charge in [0.2, 0.25) is 0 Å². The first-order valence-corrected chi connectivity index (χ1v) is 8.21. The van der Waals surface area contributed by atoms with Crippen molar-refractivity contribution in [1.29, 1.82) is 0 Å². The van der Waals surface area contributed by atoms with Crippen LogP contribution < -0.4 is 0 Å². The van der Waals surface area contributed by atoms with Crippen molar-refractivity contribution >= 4 is 17.4 Å². The van der Waals surface area contributed by atoms with Crippen molar-refractivity contribution in [2.24, 2.45) is 11.8 Å². The maximum absolute atomic E-state index is 12.5. The molecule has 4 heteroatoms. The number of nitrogens with zero attached hydrogens (tertiary/aromatic N) is 2. The van der Waals surface area contributed by atoms with Gasteiger partial charge in [0, 0.05) is 12.5 Å². The van der Waals surface area contributed by atoms with Crippen LogP contribution in [0.15, 0.2) is 0 Å². The Balaban J connectivity index is 2.12. The number of carbonyl (C=O) groups is 1. The normalized spacial score (nSPS) is 23.0. The van der Waals surface area contributed by atoms with E-state index in [4.69, 9.17) is 11.6 Å². The highest BCUT2D eigenvalue weighted by molar-refractivity contribution is 6.32. The van der Waals surface area contributed by atoms with Crippen LogP contribution >= 0.6 is 11.6 Å². The SMILES string of the molecule is CCc1nn(CC)c(CC(=O)C2CCCC(C)C2)c1Cl. The Kier molecular flexibility index (Phi) is 5.25. The van der Waals surface area contributed by atoms with Gasteiger partial charge in [-0.05, 0) is 32.1 Å². The third-order valence-electron chi connectivity index (χ3n) is 4.43. The molecule has 1 aliphatic carbocycles. The number of aryl methyl sites for hydroxylation is 2. The average Bonchev–Trinajstić information content (AvgIpc) is 2.75. The monoisotopic (exact) mass is 296 g/mol. The van der Waals surface area contributed by atoms with Crippen LogP contribution in [0.2, 0.25) is 5.02 Å². The highest BCUT2D eigenvalue weighted by Gasteiger charge is 2.27. The summed E-state index contributed by atoms with van der Waals surface area (Å²) in [6.07, 6.45) is 5.78. The number of Topliss-reactive ketones (excluding diaryl/α,β-unsaturated/α-hetero) is 1. The van der Waals surface area contributed by atoms with Gasteiger partial charge in [0.1, 0.15) is 5.78 Å². The third-order valence-corrected chi connectivity index (χ3v) is 4.86. The summed E-state index contributed by atoms with van der Waals surface area (Å²) in [4.78, 5) is 12.5. The number of hydrogen-bond donors (Lipinski definition) is 0. The van der Waals surface area contributed by atoms with Crippen LogP contribution in [0.3, 0.4) is 0 Å². The largest absolute Gasteiger partial charge is 0.299 e. The second-order valence-electron chi connectivity index (χ2n) is 5.99. The van der Waals surface area contributed by atoms with Gasteiger partial charge in [-0.2, -0.15) is 5.10 Å². The molecule has 2 atom stereocenters. The molecule has 1 aliphatic rings. The highest BCUT2D eigenvalue weighted by Crippen LogP contribution is 2.31. The van der Waals surface area contributed by atoms with E-state index in [1.54, 1.807) is 0 Å². The van der Waals surface area contributed by atoms with Crippen LogP contribution in [-0.2, 0) is 24.2 Å².